The highest BCUT2D eigenvalue weighted by molar-refractivity contribution is 5.90. The number of carbonyl (C=O) groups excluding carboxylic acids is 2. The first-order valence-electron chi connectivity index (χ1n) is 7.97. The van der Waals surface area contributed by atoms with Crippen LogP contribution in [-0.2, 0) is 19.1 Å². The maximum absolute atomic E-state index is 12.2. The molecular formula is C19H30NO5+. The summed E-state index contributed by atoms with van der Waals surface area (Å²) in [6, 6.07) is 0. The predicted molar refractivity (Wildman–Crippen MR) is 97.4 cm³/mol. The minimum Gasteiger partial charge on any atom is -0.466 e. The van der Waals surface area contributed by atoms with E-state index in [1.807, 2.05) is 21.1 Å². The van der Waals surface area contributed by atoms with Crippen molar-refractivity contribution in [1.82, 2.24) is 0 Å². The summed E-state index contributed by atoms with van der Waals surface area (Å²) >= 11 is 0. The zero-order valence-corrected chi connectivity index (χ0v) is 15.8. The fourth-order valence-electron chi connectivity index (χ4n) is 2.10. The normalized spacial score (nSPS) is 14.7. The fraction of sp³-hybridized carbons (Fsp3) is 0.474. The number of rotatable bonds is 10. The molecule has 0 aliphatic carbocycles. The predicted octanol–water partition coefficient (Wildman–Crippen LogP) is 2.12. The molecule has 0 aromatic rings. The fourth-order valence-corrected chi connectivity index (χ4v) is 2.10. The molecule has 2 unspecified atom stereocenters. The van der Waals surface area contributed by atoms with Gasteiger partial charge in [-0.25, -0.2) is 9.59 Å². The summed E-state index contributed by atoms with van der Waals surface area (Å²) < 4.78 is 10.4. The summed E-state index contributed by atoms with van der Waals surface area (Å²) in [7, 11) is 6.74. The first-order chi connectivity index (χ1) is 11.5. The molecule has 0 spiro atoms. The molecule has 0 aliphatic heterocycles. The van der Waals surface area contributed by atoms with Crippen LogP contribution in [-0.4, -0.2) is 62.1 Å². The summed E-state index contributed by atoms with van der Waals surface area (Å²) in [4.78, 5) is 24.0. The molecule has 0 heterocycles. The van der Waals surface area contributed by atoms with Gasteiger partial charge < -0.3 is 14.6 Å². The second-order valence-electron chi connectivity index (χ2n) is 6.55. The van der Waals surface area contributed by atoms with Gasteiger partial charge in [0, 0.05) is 11.1 Å². The van der Waals surface area contributed by atoms with E-state index < -0.39 is 24.3 Å². The first-order valence-corrected chi connectivity index (χ1v) is 7.97. The van der Waals surface area contributed by atoms with Crippen LogP contribution in [0, 0.1) is 0 Å². The molecule has 0 rings (SSSR count). The monoisotopic (exact) mass is 352 g/mol. The number of ether oxygens (including phenoxy) is 2. The Kier molecular flexibility index (Phi) is 9.71. The number of quaternary nitrogens is 1. The standard InChI is InChI=1S/C19H30NO5/c1-8-9-10-11-16(19(23)24-7)13-12-14(2)18(22)25-17(15(3)21)20(4,5)6/h8-10,13,15,17,21H,1-2,11-12H2,3-7H3/q+1. The Morgan fingerprint density at radius 3 is 2.24 bits per heavy atom. The molecule has 140 valence electrons. The van der Waals surface area contributed by atoms with E-state index in [0.29, 0.717) is 12.0 Å². The molecule has 0 aromatic heterocycles. The summed E-state index contributed by atoms with van der Waals surface area (Å²) in [5, 5.41) is 9.81. The quantitative estimate of drug-likeness (QED) is 0.214. The third kappa shape index (κ3) is 8.47. The third-order valence-corrected chi connectivity index (χ3v) is 3.34. The second-order valence-corrected chi connectivity index (χ2v) is 6.55. The van der Waals surface area contributed by atoms with Gasteiger partial charge >= 0.3 is 11.9 Å². The number of esters is 2. The van der Waals surface area contributed by atoms with Crippen LogP contribution in [0.5, 0.6) is 0 Å². The molecule has 0 radical (unpaired) electrons. The van der Waals surface area contributed by atoms with E-state index in [2.05, 4.69) is 13.2 Å². The molecule has 6 heteroatoms. The Hall–Kier alpha value is -2.18. The molecule has 0 amide bonds. The minimum atomic E-state index is -0.832. The van der Waals surface area contributed by atoms with Crippen molar-refractivity contribution in [2.24, 2.45) is 0 Å². The number of aliphatic hydroxyl groups excluding tert-OH is 1. The average Bonchev–Trinajstić information content (AvgIpc) is 2.52. The average molecular weight is 352 g/mol. The van der Waals surface area contributed by atoms with Crippen LogP contribution in [0.1, 0.15) is 19.8 Å². The van der Waals surface area contributed by atoms with Crippen molar-refractivity contribution in [3.63, 3.8) is 0 Å². The molecule has 0 fully saturated rings. The van der Waals surface area contributed by atoms with E-state index in [1.165, 1.54) is 7.11 Å². The van der Waals surface area contributed by atoms with Crippen molar-refractivity contribution >= 4 is 11.9 Å². The molecule has 0 saturated carbocycles. The summed E-state index contributed by atoms with van der Waals surface area (Å²) in [5.41, 5.74) is 0.599. The van der Waals surface area contributed by atoms with E-state index in [9.17, 15) is 14.7 Å². The van der Waals surface area contributed by atoms with Crippen molar-refractivity contribution in [1.29, 1.82) is 0 Å². The van der Waals surface area contributed by atoms with Crippen molar-refractivity contribution in [2.45, 2.75) is 32.1 Å². The van der Waals surface area contributed by atoms with Crippen LogP contribution in [0.25, 0.3) is 0 Å². The van der Waals surface area contributed by atoms with E-state index >= 15 is 0 Å². The largest absolute Gasteiger partial charge is 0.466 e. The van der Waals surface area contributed by atoms with E-state index in [1.54, 1.807) is 31.2 Å². The molecule has 2 atom stereocenters. The molecule has 25 heavy (non-hydrogen) atoms. The van der Waals surface area contributed by atoms with Crippen LogP contribution < -0.4 is 0 Å². The van der Waals surface area contributed by atoms with Crippen molar-refractivity contribution in [3.05, 3.63) is 48.6 Å². The Bertz CT molecular complexity index is 553. The van der Waals surface area contributed by atoms with Crippen LogP contribution in [0.4, 0.5) is 0 Å². The lowest BCUT2D eigenvalue weighted by Gasteiger charge is -2.34. The lowest BCUT2D eigenvalue weighted by Crippen LogP contribution is -2.53. The van der Waals surface area contributed by atoms with Crippen molar-refractivity contribution in [2.75, 3.05) is 28.3 Å². The Labute approximate surface area is 150 Å². The van der Waals surface area contributed by atoms with E-state index in [0.717, 1.165) is 0 Å². The smallest absolute Gasteiger partial charge is 0.338 e. The Morgan fingerprint density at radius 2 is 1.80 bits per heavy atom. The molecule has 1 N–H and O–H groups in total. The number of hydrogen-bond acceptors (Lipinski definition) is 5. The zero-order valence-electron chi connectivity index (χ0n) is 15.8. The van der Waals surface area contributed by atoms with Gasteiger partial charge in [0.05, 0.1) is 28.3 Å². The highest BCUT2D eigenvalue weighted by atomic mass is 16.6. The molecule has 0 aromatic carbocycles. The lowest BCUT2D eigenvalue weighted by atomic mass is 10.1. The van der Waals surface area contributed by atoms with Crippen LogP contribution >= 0.6 is 0 Å². The number of carbonyl (C=O) groups is 2. The summed E-state index contributed by atoms with van der Waals surface area (Å²) in [6.07, 6.45) is 5.63. The minimum absolute atomic E-state index is 0.148. The Balaban J connectivity index is 5.02. The highest BCUT2D eigenvalue weighted by Gasteiger charge is 2.33. The maximum Gasteiger partial charge on any atom is 0.338 e. The van der Waals surface area contributed by atoms with Crippen LogP contribution in [0.15, 0.2) is 48.6 Å². The van der Waals surface area contributed by atoms with Crippen LogP contribution in [0.3, 0.4) is 0 Å². The highest BCUT2D eigenvalue weighted by Crippen LogP contribution is 2.15. The topological polar surface area (TPSA) is 72.8 Å². The molecule has 0 aliphatic rings. The zero-order chi connectivity index (χ0) is 19.6. The summed E-state index contributed by atoms with van der Waals surface area (Å²) in [5.74, 6) is -1.08. The number of methoxy groups -OCH3 is 1. The first kappa shape index (κ1) is 22.8. The second kappa shape index (κ2) is 10.6. The van der Waals surface area contributed by atoms with Gasteiger partial charge in [0.25, 0.3) is 6.23 Å². The van der Waals surface area contributed by atoms with Gasteiger partial charge in [-0.15, -0.1) is 0 Å². The molecule has 6 nitrogen and oxygen atoms in total. The number of aliphatic hydroxyl groups is 1. The summed E-state index contributed by atoms with van der Waals surface area (Å²) in [6.45, 7) is 8.83. The van der Waals surface area contributed by atoms with Gasteiger partial charge in [-0.2, -0.15) is 0 Å². The van der Waals surface area contributed by atoms with Gasteiger partial charge in [-0.05, 0) is 19.8 Å². The molecule has 0 saturated heterocycles. The third-order valence-electron chi connectivity index (χ3n) is 3.34. The Morgan fingerprint density at radius 1 is 1.20 bits per heavy atom. The SMILES string of the molecule is C=CC=CCC(=CCC(=C)C(=O)OC(C(C)O)[N+](C)(C)C)C(=O)OC. The van der Waals surface area contributed by atoms with Gasteiger partial charge in [-0.3, -0.25) is 4.48 Å². The number of likely N-dealkylation sites (N-methyl/N-ethyl adjacent to an activating group) is 1. The molecular weight excluding hydrogens is 322 g/mol. The van der Waals surface area contributed by atoms with Gasteiger partial charge in [0.2, 0.25) is 0 Å². The van der Waals surface area contributed by atoms with E-state index in [-0.39, 0.29) is 16.5 Å². The van der Waals surface area contributed by atoms with Crippen molar-refractivity contribution < 1.29 is 28.7 Å². The number of allylic oxidation sites excluding steroid dienone is 4. The maximum atomic E-state index is 12.2. The van der Waals surface area contributed by atoms with Crippen LogP contribution in [0.2, 0.25) is 0 Å². The lowest BCUT2D eigenvalue weighted by molar-refractivity contribution is -0.920. The molecule has 0 bridgehead atoms. The van der Waals surface area contributed by atoms with Gasteiger partial charge in [0.15, 0.2) is 0 Å². The van der Waals surface area contributed by atoms with Gasteiger partial charge in [-0.1, -0.05) is 37.5 Å². The number of nitrogens with zero attached hydrogens (tertiary/aromatic N) is 1. The number of hydrogen-bond donors (Lipinski definition) is 1. The van der Waals surface area contributed by atoms with E-state index in [4.69, 9.17) is 9.47 Å². The van der Waals surface area contributed by atoms with Gasteiger partial charge in [0.1, 0.15) is 6.10 Å². The van der Waals surface area contributed by atoms with Crippen molar-refractivity contribution in [3.8, 4) is 0 Å².